The van der Waals surface area contributed by atoms with Crippen molar-refractivity contribution in [1.82, 2.24) is 19.4 Å². The number of hydrogen-bond acceptors (Lipinski definition) is 6. The minimum Gasteiger partial charge on any atom is -0.380 e. The zero-order valence-electron chi connectivity index (χ0n) is 18.5. The number of rotatable bonds is 7. The topological polar surface area (TPSA) is 64.4 Å². The second kappa shape index (κ2) is 9.89. The first-order valence-corrected chi connectivity index (χ1v) is 11.4. The first kappa shape index (κ1) is 21.9. The maximum Gasteiger partial charge on any atom is 0.229 e. The molecule has 1 aliphatic rings. The van der Waals surface area contributed by atoms with Crippen LogP contribution in [0.4, 0.5) is 11.6 Å². The van der Waals surface area contributed by atoms with Gasteiger partial charge in [0, 0.05) is 60.9 Å². The summed E-state index contributed by atoms with van der Waals surface area (Å²) in [7, 11) is 1.69. The quantitative estimate of drug-likeness (QED) is 0.425. The van der Waals surface area contributed by atoms with Gasteiger partial charge >= 0.3 is 0 Å². The molecule has 0 saturated carbocycles. The van der Waals surface area contributed by atoms with E-state index in [0.717, 1.165) is 71.4 Å². The summed E-state index contributed by atoms with van der Waals surface area (Å²) in [4.78, 5) is 11.6. The molecule has 1 N–H and O–H groups in total. The minimum absolute atomic E-state index is 0.539. The van der Waals surface area contributed by atoms with E-state index in [-0.39, 0.29) is 0 Å². The standard InChI is InChI=1S/C25H26ClN5O2/c1-32-17-18-2-5-21(6-3-18)28-25-27-15-19-8-9-31(24(19)29-25)22-7-4-20(23(26)14-22)16-30-10-12-33-13-11-30/h2-9,14-15H,10-13,16-17H2,1H3,(H,27,28,29). The van der Waals surface area contributed by atoms with Gasteiger partial charge in [0.15, 0.2) is 0 Å². The first-order chi connectivity index (χ1) is 16.2. The van der Waals surface area contributed by atoms with Crippen LogP contribution in [0.5, 0.6) is 0 Å². The molecule has 8 heteroatoms. The molecular weight excluding hydrogens is 438 g/mol. The van der Waals surface area contributed by atoms with E-state index >= 15 is 0 Å². The monoisotopic (exact) mass is 463 g/mol. The van der Waals surface area contributed by atoms with Gasteiger partial charge in [0.2, 0.25) is 5.95 Å². The Morgan fingerprint density at radius 3 is 2.67 bits per heavy atom. The van der Waals surface area contributed by atoms with Crippen molar-refractivity contribution in [2.75, 3.05) is 38.7 Å². The average molecular weight is 464 g/mol. The SMILES string of the molecule is COCc1ccc(Nc2ncc3ccn(-c4ccc(CN5CCOCC5)c(Cl)c4)c3n2)cc1. The lowest BCUT2D eigenvalue weighted by atomic mass is 10.2. The minimum atomic E-state index is 0.539. The molecule has 0 atom stereocenters. The normalized spacial score (nSPS) is 14.6. The van der Waals surface area contributed by atoms with Crippen LogP contribution < -0.4 is 5.32 Å². The van der Waals surface area contributed by atoms with Gasteiger partial charge in [0.05, 0.1) is 19.8 Å². The Labute approximate surface area is 197 Å². The molecule has 0 unspecified atom stereocenters. The van der Waals surface area contributed by atoms with Crippen LogP contribution in [-0.2, 0) is 22.6 Å². The molecule has 1 aliphatic heterocycles. The summed E-state index contributed by atoms with van der Waals surface area (Å²) < 4.78 is 12.6. The summed E-state index contributed by atoms with van der Waals surface area (Å²) in [6.07, 6.45) is 3.82. The maximum absolute atomic E-state index is 6.67. The van der Waals surface area contributed by atoms with Gasteiger partial charge in [0.1, 0.15) is 5.65 Å². The van der Waals surface area contributed by atoms with E-state index < -0.39 is 0 Å². The number of benzene rings is 2. The van der Waals surface area contributed by atoms with Gasteiger partial charge in [-0.2, -0.15) is 4.98 Å². The van der Waals surface area contributed by atoms with Gasteiger partial charge in [0.25, 0.3) is 0 Å². The number of nitrogens with zero attached hydrogens (tertiary/aromatic N) is 4. The summed E-state index contributed by atoms with van der Waals surface area (Å²) >= 11 is 6.67. The molecule has 0 radical (unpaired) electrons. The van der Waals surface area contributed by atoms with Gasteiger partial charge in [-0.15, -0.1) is 0 Å². The van der Waals surface area contributed by atoms with E-state index in [1.807, 2.05) is 53.4 Å². The predicted molar refractivity (Wildman–Crippen MR) is 130 cm³/mol. The molecule has 0 spiro atoms. The Morgan fingerprint density at radius 2 is 1.91 bits per heavy atom. The van der Waals surface area contributed by atoms with Crippen LogP contribution in [0.1, 0.15) is 11.1 Å². The first-order valence-electron chi connectivity index (χ1n) is 11.0. The zero-order chi connectivity index (χ0) is 22.6. The van der Waals surface area contributed by atoms with Crippen molar-refractivity contribution in [3.63, 3.8) is 0 Å². The number of hydrogen-bond donors (Lipinski definition) is 1. The third-order valence-electron chi connectivity index (χ3n) is 5.76. The second-order valence-corrected chi connectivity index (χ2v) is 8.48. The van der Waals surface area contributed by atoms with Gasteiger partial charge in [-0.3, -0.25) is 4.90 Å². The second-order valence-electron chi connectivity index (χ2n) is 8.08. The third kappa shape index (κ3) is 5.02. The number of nitrogens with one attached hydrogen (secondary N) is 1. The maximum atomic E-state index is 6.67. The van der Waals surface area contributed by atoms with E-state index in [1.54, 1.807) is 7.11 Å². The van der Waals surface area contributed by atoms with Crippen LogP contribution in [0.3, 0.4) is 0 Å². The average Bonchev–Trinajstić information content (AvgIpc) is 3.26. The lowest BCUT2D eigenvalue weighted by Crippen LogP contribution is -2.35. The molecule has 4 aromatic rings. The molecule has 170 valence electrons. The number of fused-ring (bicyclic) bond motifs is 1. The summed E-state index contributed by atoms with van der Waals surface area (Å²) in [5.74, 6) is 0.539. The Morgan fingerprint density at radius 1 is 1.09 bits per heavy atom. The van der Waals surface area contributed by atoms with Crippen molar-refractivity contribution in [3.05, 3.63) is 77.1 Å². The van der Waals surface area contributed by atoms with E-state index in [4.69, 9.17) is 26.1 Å². The Kier molecular flexibility index (Phi) is 6.55. The number of methoxy groups -OCH3 is 1. The highest BCUT2D eigenvalue weighted by molar-refractivity contribution is 6.31. The highest BCUT2D eigenvalue weighted by atomic mass is 35.5. The number of morpholine rings is 1. The molecule has 7 nitrogen and oxygen atoms in total. The number of ether oxygens (including phenoxy) is 2. The van der Waals surface area contributed by atoms with Crippen LogP contribution in [-0.4, -0.2) is 52.8 Å². The van der Waals surface area contributed by atoms with E-state index in [1.165, 1.54) is 0 Å². The van der Waals surface area contributed by atoms with Crippen molar-refractivity contribution < 1.29 is 9.47 Å². The fourth-order valence-corrected chi connectivity index (χ4v) is 4.22. The van der Waals surface area contributed by atoms with E-state index in [0.29, 0.717) is 12.6 Å². The van der Waals surface area contributed by atoms with E-state index in [9.17, 15) is 0 Å². The summed E-state index contributed by atoms with van der Waals surface area (Å²) in [6, 6.07) is 16.2. The third-order valence-corrected chi connectivity index (χ3v) is 6.11. The van der Waals surface area contributed by atoms with E-state index in [2.05, 4.69) is 27.3 Å². The highest BCUT2D eigenvalue weighted by Crippen LogP contribution is 2.26. The molecule has 1 saturated heterocycles. The molecule has 0 bridgehead atoms. The van der Waals surface area contributed by atoms with Gasteiger partial charge in [-0.25, -0.2) is 4.98 Å². The van der Waals surface area contributed by atoms with Crippen LogP contribution in [0.2, 0.25) is 5.02 Å². The van der Waals surface area contributed by atoms with Gasteiger partial charge < -0.3 is 19.4 Å². The molecule has 0 amide bonds. The summed E-state index contributed by atoms with van der Waals surface area (Å²) in [5.41, 5.74) is 4.94. The Balaban J connectivity index is 1.37. The van der Waals surface area contributed by atoms with Crippen molar-refractivity contribution >= 4 is 34.3 Å². The van der Waals surface area contributed by atoms with Crippen LogP contribution in [0, 0.1) is 0 Å². The van der Waals surface area contributed by atoms with Crippen molar-refractivity contribution in [3.8, 4) is 5.69 Å². The molecular formula is C25H26ClN5O2. The predicted octanol–water partition coefficient (Wildman–Crippen LogP) is 4.80. The fraction of sp³-hybridized carbons (Fsp3) is 0.280. The van der Waals surface area contributed by atoms with Crippen LogP contribution in [0.15, 0.2) is 60.9 Å². The summed E-state index contributed by atoms with van der Waals surface area (Å²) in [6.45, 7) is 4.83. The fourth-order valence-electron chi connectivity index (χ4n) is 3.98. The molecule has 2 aromatic carbocycles. The Bertz CT molecular complexity index is 1240. The van der Waals surface area contributed by atoms with Crippen LogP contribution >= 0.6 is 11.6 Å². The molecule has 3 heterocycles. The van der Waals surface area contributed by atoms with Crippen LogP contribution in [0.25, 0.3) is 16.7 Å². The lowest BCUT2D eigenvalue weighted by Gasteiger charge is -2.27. The molecule has 2 aromatic heterocycles. The number of aromatic nitrogens is 3. The molecule has 33 heavy (non-hydrogen) atoms. The Hall–Kier alpha value is -2.97. The van der Waals surface area contributed by atoms with Crippen molar-refractivity contribution in [2.45, 2.75) is 13.2 Å². The van der Waals surface area contributed by atoms with Crippen molar-refractivity contribution in [1.29, 1.82) is 0 Å². The molecule has 0 aliphatic carbocycles. The van der Waals surface area contributed by atoms with Gasteiger partial charge in [-0.05, 0) is 41.5 Å². The van der Waals surface area contributed by atoms with Crippen molar-refractivity contribution in [2.24, 2.45) is 0 Å². The zero-order valence-corrected chi connectivity index (χ0v) is 19.3. The number of anilines is 2. The summed E-state index contributed by atoms with van der Waals surface area (Å²) in [5, 5.41) is 5.00. The lowest BCUT2D eigenvalue weighted by molar-refractivity contribution is 0.0342. The number of halogens is 1. The molecule has 1 fully saturated rings. The molecule has 5 rings (SSSR count). The largest absolute Gasteiger partial charge is 0.380 e. The highest BCUT2D eigenvalue weighted by Gasteiger charge is 2.14. The van der Waals surface area contributed by atoms with Gasteiger partial charge in [-0.1, -0.05) is 29.8 Å². The smallest absolute Gasteiger partial charge is 0.229 e.